The first kappa shape index (κ1) is 38.9. The lowest BCUT2D eigenvalue weighted by Gasteiger charge is -2.18. The van der Waals surface area contributed by atoms with Crippen molar-refractivity contribution in [3.8, 4) is 0 Å². The van der Waals surface area contributed by atoms with Crippen molar-refractivity contribution in [2.45, 2.75) is 174 Å². The minimum absolute atomic E-state index is 0.0494. The highest BCUT2D eigenvalue weighted by molar-refractivity contribution is 5.70. The Morgan fingerprint density at radius 2 is 0.900 bits per heavy atom. The van der Waals surface area contributed by atoms with Crippen molar-refractivity contribution in [3.63, 3.8) is 0 Å². The monoisotopic (exact) mass is 570 g/mol. The molecule has 0 bridgehead atoms. The summed E-state index contributed by atoms with van der Waals surface area (Å²) in [6, 6.07) is 0. The molecule has 0 amide bonds. The minimum atomic E-state index is -0.571. The second kappa shape index (κ2) is 32.4. The topological polar surface area (TPSA) is 71.1 Å². The van der Waals surface area contributed by atoms with Crippen LogP contribution < -0.4 is 0 Å². The normalized spacial score (nSPS) is 12.0. The number of rotatable bonds is 32. The van der Waals surface area contributed by atoms with E-state index in [0.29, 0.717) is 26.1 Å². The lowest BCUT2D eigenvalue weighted by molar-refractivity contribution is -0.163. The standard InChI is InChI=1S/C34H66O6/c1-4-6-8-10-12-14-16-18-20-22-24-26-33(35)39-31-32(30-38-29-28-37-3)40-34(36)27-25-23-21-19-17-15-13-11-9-7-5-2/h32H,4-31H2,1-3H3. The van der Waals surface area contributed by atoms with Crippen LogP contribution in [0.3, 0.4) is 0 Å². The quantitative estimate of drug-likeness (QED) is 0.0592. The van der Waals surface area contributed by atoms with E-state index in [1.165, 1.54) is 116 Å². The third-order valence-corrected chi connectivity index (χ3v) is 7.43. The van der Waals surface area contributed by atoms with Crippen LogP contribution in [0, 0.1) is 0 Å². The van der Waals surface area contributed by atoms with E-state index < -0.39 is 6.10 Å². The van der Waals surface area contributed by atoms with Crippen LogP contribution in [0.25, 0.3) is 0 Å². The molecule has 1 atom stereocenters. The number of carbonyl (C=O) groups excluding carboxylic acids is 2. The number of hydrogen-bond donors (Lipinski definition) is 0. The summed E-state index contributed by atoms with van der Waals surface area (Å²) in [6.07, 6.45) is 27.6. The van der Waals surface area contributed by atoms with Crippen LogP contribution >= 0.6 is 0 Å². The van der Waals surface area contributed by atoms with Gasteiger partial charge in [0.2, 0.25) is 0 Å². The van der Waals surface area contributed by atoms with E-state index in [2.05, 4.69) is 13.8 Å². The average molecular weight is 571 g/mol. The van der Waals surface area contributed by atoms with E-state index in [1.807, 2.05) is 0 Å². The van der Waals surface area contributed by atoms with Crippen molar-refractivity contribution in [3.05, 3.63) is 0 Å². The SMILES string of the molecule is CCCCCCCCCCCCCC(=O)OCC(COCCOC)OC(=O)CCCCCCCCCCCCC. The van der Waals surface area contributed by atoms with Gasteiger partial charge in [-0.15, -0.1) is 0 Å². The highest BCUT2D eigenvalue weighted by Crippen LogP contribution is 2.14. The molecule has 0 aliphatic carbocycles. The zero-order valence-electron chi connectivity index (χ0n) is 26.8. The van der Waals surface area contributed by atoms with E-state index in [-0.39, 0.29) is 25.2 Å². The van der Waals surface area contributed by atoms with Crippen molar-refractivity contribution < 1.29 is 28.5 Å². The van der Waals surface area contributed by atoms with Gasteiger partial charge < -0.3 is 18.9 Å². The van der Waals surface area contributed by atoms with E-state index in [9.17, 15) is 9.59 Å². The molecule has 0 aromatic heterocycles. The van der Waals surface area contributed by atoms with Crippen molar-refractivity contribution in [1.82, 2.24) is 0 Å². The molecule has 0 rings (SSSR count). The second-order valence-electron chi connectivity index (χ2n) is 11.4. The molecule has 0 aliphatic rings. The van der Waals surface area contributed by atoms with Gasteiger partial charge in [0.15, 0.2) is 6.10 Å². The van der Waals surface area contributed by atoms with Crippen LogP contribution in [0.5, 0.6) is 0 Å². The Balaban J connectivity index is 3.94. The van der Waals surface area contributed by atoms with Crippen LogP contribution in [0.4, 0.5) is 0 Å². The van der Waals surface area contributed by atoms with Gasteiger partial charge in [-0.1, -0.05) is 142 Å². The fourth-order valence-electron chi connectivity index (χ4n) is 4.84. The number of ether oxygens (including phenoxy) is 4. The molecule has 0 spiro atoms. The summed E-state index contributed by atoms with van der Waals surface area (Å²) in [4.78, 5) is 24.6. The Morgan fingerprint density at radius 1 is 0.500 bits per heavy atom. The predicted octanol–water partition coefficient (Wildman–Crippen LogP) is 9.51. The van der Waals surface area contributed by atoms with Gasteiger partial charge in [-0.2, -0.15) is 0 Å². The molecule has 0 fully saturated rings. The second-order valence-corrected chi connectivity index (χ2v) is 11.4. The van der Waals surface area contributed by atoms with Gasteiger partial charge in [0.05, 0.1) is 19.8 Å². The Labute approximate surface area is 248 Å². The fraction of sp³-hybridized carbons (Fsp3) is 0.941. The smallest absolute Gasteiger partial charge is 0.306 e. The van der Waals surface area contributed by atoms with Crippen LogP contribution in [-0.4, -0.2) is 51.6 Å². The molecule has 0 aromatic rings. The molecule has 0 heterocycles. The zero-order chi connectivity index (χ0) is 29.4. The number of methoxy groups -OCH3 is 1. The Morgan fingerprint density at radius 3 is 1.32 bits per heavy atom. The maximum Gasteiger partial charge on any atom is 0.306 e. The summed E-state index contributed by atoms with van der Waals surface area (Å²) >= 11 is 0. The number of carbonyl (C=O) groups is 2. The van der Waals surface area contributed by atoms with Crippen LogP contribution in [0.15, 0.2) is 0 Å². The molecule has 0 N–H and O–H groups in total. The molecule has 0 saturated heterocycles. The van der Waals surface area contributed by atoms with Crippen LogP contribution in [0.2, 0.25) is 0 Å². The zero-order valence-corrected chi connectivity index (χ0v) is 26.8. The Bertz CT molecular complexity index is 539. The molecule has 0 saturated carbocycles. The third-order valence-electron chi connectivity index (χ3n) is 7.43. The van der Waals surface area contributed by atoms with Crippen LogP contribution in [-0.2, 0) is 28.5 Å². The predicted molar refractivity (Wildman–Crippen MR) is 166 cm³/mol. The fourth-order valence-corrected chi connectivity index (χ4v) is 4.84. The summed E-state index contributed by atoms with van der Waals surface area (Å²) < 4.78 is 21.6. The highest BCUT2D eigenvalue weighted by Gasteiger charge is 2.17. The minimum Gasteiger partial charge on any atom is -0.462 e. The van der Waals surface area contributed by atoms with Crippen LogP contribution in [0.1, 0.15) is 168 Å². The molecular weight excluding hydrogens is 504 g/mol. The van der Waals surface area contributed by atoms with E-state index in [1.54, 1.807) is 7.11 Å². The molecule has 0 aliphatic heterocycles. The first-order valence-corrected chi connectivity index (χ1v) is 17.1. The van der Waals surface area contributed by atoms with Gasteiger partial charge in [0.25, 0.3) is 0 Å². The first-order valence-electron chi connectivity index (χ1n) is 17.1. The van der Waals surface area contributed by atoms with Gasteiger partial charge in [-0.05, 0) is 12.8 Å². The molecule has 0 aromatic carbocycles. The van der Waals surface area contributed by atoms with E-state index in [4.69, 9.17) is 18.9 Å². The summed E-state index contributed by atoms with van der Waals surface area (Å²) in [7, 11) is 1.62. The van der Waals surface area contributed by atoms with Gasteiger partial charge in [-0.3, -0.25) is 9.59 Å². The summed E-state index contributed by atoms with van der Waals surface area (Å²) in [6.45, 7) is 5.64. The molecule has 238 valence electrons. The molecule has 1 unspecified atom stereocenters. The molecule has 6 heteroatoms. The summed E-state index contributed by atoms with van der Waals surface area (Å²) in [5.74, 6) is -0.461. The van der Waals surface area contributed by atoms with Gasteiger partial charge >= 0.3 is 11.9 Å². The first-order chi connectivity index (χ1) is 19.6. The lowest BCUT2D eigenvalue weighted by Crippen LogP contribution is -2.30. The van der Waals surface area contributed by atoms with Crippen molar-refractivity contribution in [1.29, 1.82) is 0 Å². The molecule has 40 heavy (non-hydrogen) atoms. The molecule has 6 nitrogen and oxygen atoms in total. The van der Waals surface area contributed by atoms with Crippen molar-refractivity contribution >= 4 is 11.9 Å². The molecule has 0 radical (unpaired) electrons. The highest BCUT2D eigenvalue weighted by atomic mass is 16.6. The van der Waals surface area contributed by atoms with Crippen molar-refractivity contribution in [2.24, 2.45) is 0 Å². The largest absolute Gasteiger partial charge is 0.462 e. The maximum atomic E-state index is 12.4. The number of hydrogen-bond acceptors (Lipinski definition) is 6. The number of esters is 2. The Kier molecular flexibility index (Phi) is 31.5. The maximum absolute atomic E-state index is 12.4. The summed E-state index contributed by atoms with van der Waals surface area (Å²) in [5, 5.41) is 0. The van der Waals surface area contributed by atoms with Gasteiger partial charge in [0, 0.05) is 20.0 Å². The van der Waals surface area contributed by atoms with E-state index in [0.717, 1.165) is 25.7 Å². The van der Waals surface area contributed by atoms with E-state index >= 15 is 0 Å². The lowest BCUT2D eigenvalue weighted by atomic mass is 10.1. The van der Waals surface area contributed by atoms with Crippen molar-refractivity contribution in [2.75, 3.05) is 33.5 Å². The third kappa shape index (κ3) is 29.8. The number of unbranched alkanes of at least 4 members (excludes halogenated alkanes) is 20. The Hall–Kier alpha value is -1.14. The van der Waals surface area contributed by atoms with Gasteiger partial charge in [0.1, 0.15) is 6.61 Å². The molecular formula is C34H66O6. The average Bonchev–Trinajstić information content (AvgIpc) is 2.95. The van der Waals surface area contributed by atoms with Gasteiger partial charge in [-0.25, -0.2) is 0 Å². The summed E-state index contributed by atoms with van der Waals surface area (Å²) in [5.41, 5.74) is 0.